The van der Waals surface area contributed by atoms with E-state index in [0.29, 0.717) is 17.3 Å². The number of carbonyl (C=O) groups is 1. The number of rotatable bonds is 5. The quantitative estimate of drug-likeness (QED) is 0.876. The highest BCUT2D eigenvalue weighted by molar-refractivity contribution is 6.02. The molecule has 2 aromatic heterocycles. The Balaban J connectivity index is 2.09. The number of hydrogen-bond donors (Lipinski definition) is 2. The van der Waals surface area contributed by atoms with Gasteiger partial charge in [0.1, 0.15) is 17.3 Å². The molecule has 5 nitrogen and oxygen atoms in total. The molecule has 104 valence electrons. The lowest BCUT2D eigenvalue weighted by atomic mass is 10.3. The second-order valence-corrected chi connectivity index (χ2v) is 4.45. The number of anilines is 2. The van der Waals surface area contributed by atoms with E-state index in [0.717, 1.165) is 18.7 Å². The Kier molecular flexibility index (Phi) is 4.65. The summed E-state index contributed by atoms with van der Waals surface area (Å²) in [5.74, 6) is 0.976. The molecule has 2 aromatic rings. The number of nitrogens with zero attached hydrogens (tertiary/aromatic N) is 2. The van der Waals surface area contributed by atoms with E-state index < -0.39 is 0 Å². The van der Waals surface area contributed by atoms with E-state index in [1.165, 1.54) is 0 Å². The molecule has 0 saturated carbocycles. The van der Waals surface area contributed by atoms with Crippen molar-refractivity contribution >= 4 is 17.5 Å². The average Bonchev–Trinajstić information content (AvgIpc) is 2.45. The Morgan fingerprint density at radius 1 is 1.10 bits per heavy atom. The fourth-order valence-corrected chi connectivity index (χ4v) is 1.71. The van der Waals surface area contributed by atoms with Crippen LogP contribution in [-0.2, 0) is 0 Å². The van der Waals surface area contributed by atoms with Gasteiger partial charge in [-0.25, -0.2) is 9.97 Å². The van der Waals surface area contributed by atoms with Crippen LogP contribution in [0, 0.1) is 6.92 Å². The highest BCUT2D eigenvalue weighted by atomic mass is 16.1. The minimum Gasteiger partial charge on any atom is -0.370 e. The number of hydrogen-bond acceptors (Lipinski definition) is 4. The van der Waals surface area contributed by atoms with Crippen molar-refractivity contribution in [3.63, 3.8) is 0 Å². The molecule has 0 aliphatic carbocycles. The summed E-state index contributed by atoms with van der Waals surface area (Å²) in [7, 11) is 0. The van der Waals surface area contributed by atoms with Gasteiger partial charge in [0.05, 0.1) is 0 Å². The zero-order valence-electron chi connectivity index (χ0n) is 11.7. The zero-order valence-corrected chi connectivity index (χ0v) is 11.7. The monoisotopic (exact) mass is 270 g/mol. The molecule has 2 heterocycles. The summed E-state index contributed by atoms with van der Waals surface area (Å²) in [6.07, 6.45) is 1.01. The number of amides is 1. The molecular formula is C15H18N4O. The summed E-state index contributed by atoms with van der Waals surface area (Å²) in [6.45, 7) is 4.79. The number of aryl methyl sites for hydroxylation is 1. The van der Waals surface area contributed by atoms with Crippen molar-refractivity contribution < 1.29 is 4.79 Å². The zero-order chi connectivity index (χ0) is 14.4. The molecule has 0 bridgehead atoms. The van der Waals surface area contributed by atoms with Crippen molar-refractivity contribution in [1.29, 1.82) is 0 Å². The van der Waals surface area contributed by atoms with Crippen molar-refractivity contribution in [2.24, 2.45) is 0 Å². The minimum atomic E-state index is -0.261. The molecule has 0 saturated heterocycles. The SMILES string of the molecule is CCCNc1cccc(C(=O)Nc2cccc(C)n2)n1. The molecule has 0 radical (unpaired) electrons. The molecule has 0 fully saturated rings. The summed E-state index contributed by atoms with van der Waals surface area (Å²) in [6, 6.07) is 10.8. The van der Waals surface area contributed by atoms with Gasteiger partial charge in [0, 0.05) is 12.2 Å². The van der Waals surface area contributed by atoms with E-state index in [2.05, 4.69) is 27.5 Å². The van der Waals surface area contributed by atoms with E-state index in [1.54, 1.807) is 12.1 Å². The van der Waals surface area contributed by atoms with E-state index in [9.17, 15) is 4.79 Å². The van der Waals surface area contributed by atoms with E-state index >= 15 is 0 Å². The second kappa shape index (κ2) is 6.65. The van der Waals surface area contributed by atoms with Crippen molar-refractivity contribution in [3.05, 3.63) is 47.8 Å². The first-order valence-electron chi connectivity index (χ1n) is 6.65. The number of aromatic nitrogens is 2. The lowest BCUT2D eigenvalue weighted by molar-refractivity contribution is 0.102. The molecule has 2 N–H and O–H groups in total. The second-order valence-electron chi connectivity index (χ2n) is 4.45. The molecule has 20 heavy (non-hydrogen) atoms. The van der Waals surface area contributed by atoms with Gasteiger partial charge < -0.3 is 10.6 Å². The average molecular weight is 270 g/mol. The maximum absolute atomic E-state index is 12.1. The van der Waals surface area contributed by atoms with Crippen LogP contribution in [0.15, 0.2) is 36.4 Å². The lowest BCUT2D eigenvalue weighted by Gasteiger charge is -2.07. The predicted molar refractivity (Wildman–Crippen MR) is 79.9 cm³/mol. The lowest BCUT2D eigenvalue weighted by Crippen LogP contribution is -2.15. The third-order valence-electron chi connectivity index (χ3n) is 2.67. The molecule has 0 unspecified atom stereocenters. The fraction of sp³-hybridized carbons (Fsp3) is 0.267. The third kappa shape index (κ3) is 3.78. The summed E-state index contributed by atoms with van der Waals surface area (Å²) < 4.78 is 0. The molecule has 0 aliphatic rings. The van der Waals surface area contributed by atoms with Crippen LogP contribution in [0.1, 0.15) is 29.5 Å². The van der Waals surface area contributed by atoms with Crippen LogP contribution < -0.4 is 10.6 Å². The van der Waals surface area contributed by atoms with Crippen LogP contribution in [0.3, 0.4) is 0 Å². The van der Waals surface area contributed by atoms with Crippen LogP contribution in [0.25, 0.3) is 0 Å². The summed E-state index contributed by atoms with van der Waals surface area (Å²) >= 11 is 0. The molecule has 2 rings (SSSR count). The highest BCUT2D eigenvalue weighted by Gasteiger charge is 2.09. The van der Waals surface area contributed by atoms with Crippen LogP contribution in [-0.4, -0.2) is 22.4 Å². The normalized spacial score (nSPS) is 10.1. The number of carbonyl (C=O) groups excluding carboxylic acids is 1. The largest absolute Gasteiger partial charge is 0.370 e. The van der Waals surface area contributed by atoms with E-state index in [1.807, 2.05) is 31.2 Å². The highest BCUT2D eigenvalue weighted by Crippen LogP contribution is 2.09. The van der Waals surface area contributed by atoms with Gasteiger partial charge in [-0.2, -0.15) is 0 Å². The molecule has 0 spiro atoms. The maximum atomic E-state index is 12.1. The van der Waals surface area contributed by atoms with Crippen LogP contribution >= 0.6 is 0 Å². The Morgan fingerprint density at radius 3 is 2.60 bits per heavy atom. The van der Waals surface area contributed by atoms with Gasteiger partial charge in [-0.05, 0) is 37.6 Å². The first-order valence-corrected chi connectivity index (χ1v) is 6.65. The Bertz CT molecular complexity index is 598. The summed E-state index contributed by atoms with van der Waals surface area (Å²) in [5, 5.41) is 5.90. The van der Waals surface area contributed by atoms with Crippen LogP contribution in [0.5, 0.6) is 0 Å². The molecule has 5 heteroatoms. The number of nitrogens with one attached hydrogen (secondary N) is 2. The van der Waals surface area contributed by atoms with Gasteiger partial charge in [0.25, 0.3) is 5.91 Å². The van der Waals surface area contributed by atoms with Gasteiger partial charge in [-0.1, -0.05) is 19.1 Å². The Morgan fingerprint density at radius 2 is 1.85 bits per heavy atom. The van der Waals surface area contributed by atoms with Gasteiger partial charge in [-0.15, -0.1) is 0 Å². The third-order valence-corrected chi connectivity index (χ3v) is 2.67. The molecule has 0 atom stereocenters. The van der Waals surface area contributed by atoms with E-state index in [4.69, 9.17) is 0 Å². The van der Waals surface area contributed by atoms with Crippen LogP contribution in [0.4, 0.5) is 11.6 Å². The first kappa shape index (κ1) is 14.0. The first-order chi connectivity index (χ1) is 9.69. The number of pyridine rings is 2. The topological polar surface area (TPSA) is 66.9 Å². The standard InChI is InChI=1S/C15H18N4O/c1-3-10-16-13-8-5-7-12(18-13)15(20)19-14-9-4-6-11(2)17-14/h4-9H,3,10H2,1-2H3,(H,16,18)(H,17,19,20). The van der Waals surface area contributed by atoms with Gasteiger partial charge in [0.2, 0.25) is 0 Å². The van der Waals surface area contributed by atoms with Crippen molar-refractivity contribution in [3.8, 4) is 0 Å². The molecule has 0 aliphatic heterocycles. The maximum Gasteiger partial charge on any atom is 0.275 e. The molecular weight excluding hydrogens is 252 g/mol. The Hall–Kier alpha value is -2.43. The van der Waals surface area contributed by atoms with Gasteiger partial charge in [-0.3, -0.25) is 4.79 Å². The van der Waals surface area contributed by atoms with Gasteiger partial charge >= 0.3 is 0 Å². The smallest absolute Gasteiger partial charge is 0.275 e. The van der Waals surface area contributed by atoms with Crippen LogP contribution in [0.2, 0.25) is 0 Å². The van der Waals surface area contributed by atoms with Crippen molar-refractivity contribution in [2.45, 2.75) is 20.3 Å². The van der Waals surface area contributed by atoms with Crippen molar-refractivity contribution in [2.75, 3.05) is 17.2 Å². The minimum absolute atomic E-state index is 0.261. The van der Waals surface area contributed by atoms with Crippen molar-refractivity contribution in [1.82, 2.24) is 9.97 Å². The summed E-state index contributed by atoms with van der Waals surface area (Å²) in [4.78, 5) is 20.6. The molecule has 1 amide bonds. The Labute approximate surface area is 118 Å². The van der Waals surface area contributed by atoms with E-state index in [-0.39, 0.29) is 5.91 Å². The molecule has 0 aromatic carbocycles. The summed E-state index contributed by atoms with van der Waals surface area (Å²) in [5.41, 5.74) is 1.23. The predicted octanol–water partition coefficient (Wildman–Crippen LogP) is 2.86. The fourth-order valence-electron chi connectivity index (χ4n) is 1.71. The van der Waals surface area contributed by atoms with Gasteiger partial charge in [0.15, 0.2) is 0 Å².